The number of alkyl halides is 3. The van der Waals surface area contributed by atoms with E-state index >= 15 is 0 Å². The fourth-order valence-corrected chi connectivity index (χ4v) is 2.17. The Morgan fingerprint density at radius 2 is 1.81 bits per heavy atom. The topological polar surface area (TPSA) is 35.2 Å². The minimum atomic E-state index is -4.42. The van der Waals surface area contributed by atoms with Crippen molar-refractivity contribution >= 4 is 0 Å². The van der Waals surface area contributed by atoms with Crippen molar-refractivity contribution in [1.29, 1.82) is 0 Å². The molecule has 2 rings (SSSR count). The molecule has 5 heteroatoms. The molecule has 2 aromatic carbocycles. The van der Waals surface area contributed by atoms with Crippen LogP contribution in [0.2, 0.25) is 0 Å². The molecule has 0 saturated heterocycles. The van der Waals surface area contributed by atoms with Crippen molar-refractivity contribution in [3.8, 4) is 5.75 Å². The summed E-state index contributed by atoms with van der Waals surface area (Å²) in [6.07, 6.45) is -4.42. The van der Waals surface area contributed by atoms with Gasteiger partial charge in [-0.15, -0.1) is 0 Å². The average Bonchev–Trinajstić information content (AvgIpc) is 2.46. The lowest BCUT2D eigenvalue weighted by atomic mass is 9.95. The number of benzene rings is 2. The number of ether oxygens (including phenoxy) is 1. The van der Waals surface area contributed by atoms with Gasteiger partial charge in [-0.2, -0.15) is 13.2 Å². The van der Waals surface area contributed by atoms with E-state index in [4.69, 9.17) is 10.5 Å². The van der Waals surface area contributed by atoms with Gasteiger partial charge in [0.25, 0.3) is 0 Å². The molecule has 0 fully saturated rings. The highest BCUT2D eigenvalue weighted by molar-refractivity contribution is 5.40. The summed E-state index contributed by atoms with van der Waals surface area (Å²) >= 11 is 0. The molecule has 1 unspecified atom stereocenters. The van der Waals surface area contributed by atoms with Gasteiger partial charge >= 0.3 is 6.18 Å². The predicted molar refractivity (Wildman–Crippen MR) is 75.1 cm³/mol. The highest BCUT2D eigenvalue weighted by atomic mass is 19.4. The maximum absolute atomic E-state index is 13.0. The SMILES string of the molecule is CCOc1cccc(C(N)c2ccccc2C(F)(F)F)c1. The number of hydrogen-bond acceptors (Lipinski definition) is 2. The summed E-state index contributed by atoms with van der Waals surface area (Å²) in [5.74, 6) is 0.593. The molecule has 0 aliphatic rings. The van der Waals surface area contributed by atoms with Crippen molar-refractivity contribution in [2.75, 3.05) is 6.61 Å². The minimum Gasteiger partial charge on any atom is -0.494 e. The lowest BCUT2D eigenvalue weighted by Gasteiger charge is -2.19. The van der Waals surface area contributed by atoms with E-state index in [-0.39, 0.29) is 5.56 Å². The standard InChI is InChI=1S/C16H16F3NO/c1-2-21-12-7-5-6-11(10-12)15(20)13-8-3-4-9-14(13)16(17,18)19/h3-10,15H,2,20H2,1H3. The Labute approximate surface area is 121 Å². The van der Waals surface area contributed by atoms with Gasteiger partial charge in [-0.05, 0) is 36.2 Å². The molecule has 2 nitrogen and oxygen atoms in total. The summed E-state index contributed by atoms with van der Waals surface area (Å²) in [5.41, 5.74) is 5.95. The van der Waals surface area contributed by atoms with Crippen LogP contribution >= 0.6 is 0 Å². The molecule has 0 aliphatic carbocycles. The normalized spacial score (nSPS) is 13.0. The Balaban J connectivity index is 2.41. The van der Waals surface area contributed by atoms with Gasteiger partial charge in [-0.3, -0.25) is 0 Å². The summed E-state index contributed by atoms with van der Waals surface area (Å²) in [6, 6.07) is 11.3. The Bertz CT molecular complexity index is 610. The Kier molecular flexibility index (Phi) is 4.53. The van der Waals surface area contributed by atoms with E-state index in [1.807, 2.05) is 6.92 Å². The fraction of sp³-hybridized carbons (Fsp3) is 0.250. The van der Waals surface area contributed by atoms with E-state index in [1.54, 1.807) is 30.3 Å². The second kappa shape index (κ2) is 6.18. The zero-order valence-electron chi connectivity index (χ0n) is 11.5. The van der Waals surface area contributed by atoms with Crippen molar-refractivity contribution in [3.05, 3.63) is 65.2 Å². The first kappa shape index (κ1) is 15.4. The number of nitrogens with two attached hydrogens (primary N) is 1. The van der Waals surface area contributed by atoms with Gasteiger partial charge < -0.3 is 10.5 Å². The molecule has 0 radical (unpaired) electrons. The van der Waals surface area contributed by atoms with E-state index in [1.165, 1.54) is 12.1 Å². The molecular weight excluding hydrogens is 279 g/mol. The molecular formula is C16H16F3NO. The van der Waals surface area contributed by atoms with E-state index in [0.29, 0.717) is 17.9 Å². The number of rotatable bonds is 4. The fourth-order valence-electron chi connectivity index (χ4n) is 2.17. The van der Waals surface area contributed by atoms with Crippen LogP contribution in [-0.4, -0.2) is 6.61 Å². The zero-order valence-corrected chi connectivity index (χ0v) is 11.5. The third-order valence-corrected chi connectivity index (χ3v) is 3.13. The van der Waals surface area contributed by atoms with Gasteiger partial charge in [0.1, 0.15) is 5.75 Å². The Hall–Kier alpha value is -2.01. The van der Waals surface area contributed by atoms with E-state index in [0.717, 1.165) is 6.07 Å². The van der Waals surface area contributed by atoms with Crippen molar-refractivity contribution in [3.63, 3.8) is 0 Å². The summed E-state index contributed by atoms with van der Waals surface area (Å²) < 4.78 is 44.5. The van der Waals surface area contributed by atoms with Crippen molar-refractivity contribution in [1.82, 2.24) is 0 Å². The molecule has 0 bridgehead atoms. The van der Waals surface area contributed by atoms with Crippen LogP contribution in [0.1, 0.15) is 29.7 Å². The molecule has 0 heterocycles. The largest absolute Gasteiger partial charge is 0.494 e. The zero-order chi connectivity index (χ0) is 15.5. The van der Waals surface area contributed by atoms with Crippen LogP contribution in [0.4, 0.5) is 13.2 Å². The van der Waals surface area contributed by atoms with Crippen LogP contribution in [0.25, 0.3) is 0 Å². The van der Waals surface area contributed by atoms with Crippen LogP contribution in [0.3, 0.4) is 0 Å². The quantitative estimate of drug-likeness (QED) is 0.919. The third-order valence-electron chi connectivity index (χ3n) is 3.13. The first-order chi connectivity index (χ1) is 9.93. The van der Waals surface area contributed by atoms with Crippen LogP contribution in [-0.2, 0) is 6.18 Å². The lowest BCUT2D eigenvalue weighted by Crippen LogP contribution is -2.18. The number of halogens is 3. The Morgan fingerprint density at radius 3 is 2.48 bits per heavy atom. The van der Waals surface area contributed by atoms with E-state index in [2.05, 4.69) is 0 Å². The molecule has 112 valence electrons. The molecule has 0 aliphatic heterocycles. The maximum Gasteiger partial charge on any atom is 0.416 e. The second-order valence-electron chi connectivity index (χ2n) is 4.57. The molecule has 0 aromatic heterocycles. The van der Waals surface area contributed by atoms with Gasteiger partial charge in [0, 0.05) is 0 Å². The molecule has 0 amide bonds. The summed E-state index contributed by atoms with van der Waals surface area (Å²) in [4.78, 5) is 0. The van der Waals surface area contributed by atoms with Crippen LogP contribution < -0.4 is 10.5 Å². The molecule has 21 heavy (non-hydrogen) atoms. The summed E-state index contributed by atoms with van der Waals surface area (Å²) in [5, 5.41) is 0. The highest BCUT2D eigenvalue weighted by Crippen LogP contribution is 2.36. The van der Waals surface area contributed by atoms with Crippen LogP contribution in [0.5, 0.6) is 5.75 Å². The molecule has 2 N–H and O–H groups in total. The van der Waals surface area contributed by atoms with Gasteiger partial charge in [0.15, 0.2) is 0 Å². The van der Waals surface area contributed by atoms with Crippen molar-refractivity contribution in [2.45, 2.75) is 19.1 Å². The van der Waals surface area contributed by atoms with Crippen LogP contribution in [0.15, 0.2) is 48.5 Å². The van der Waals surface area contributed by atoms with Crippen LogP contribution in [0, 0.1) is 0 Å². The van der Waals surface area contributed by atoms with Crippen molar-refractivity contribution < 1.29 is 17.9 Å². The van der Waals surface area contributed by atoms with Gasteiger partial charge in [-0.25, -0.2) is 0 Å². The summed E-state index contributed by atoms with van der Waals surface area (Å²) in [6.45, 7) is 2.32. The Morgan fingerprint density at radius 1 is 1.10 bits per heavy atom. The van der Waals surface area contributed by atoms with Crippen molar-refractivity contribution in [2.24, 2.45) is 5.73 Å². The highest BCUT2D eigenvalue weighted by Gasteiger charge is 2.34. The van der Waals surface area contributed by atoms with Gasteiger partial charge in [-0.1, -0.05) is 30.3 Å². The molecule has 1 atom stereocenters. The van der Waals surface area contributed by atoms with Gasteiger partial charge in [0.05, 0.1) is 18.2 Å². The maximum atomic E-state index is 13.0. The van der Waals surface area contributed by atoms with Gasteiger partial charge in [0.2, 0.25) is 0 Å². The predicted octanol–water partition coefficient (Wildman–Crippen LogP) is 4.15. The molecule has 0 spiro atoms. The smallest absolute Gasteiger partial charge is 0.416 e. The first-order valence-electron chi connectivity index (χ1n) is 6.58. The third kappa shape index (κ3) is 3.55. The molecule has 2 aromatic rings. The second-order valence-corrected chi connectivity index (χ2v) is 4.57. The van der Waals surface area contributed by atoms with E-state index < -0.39 is 17.8 Å². The monoisotopic (exact) mass is 295 g/mol. The summed E-state index contributed by atoms with van der Waals surface area (Å²) in [7, 11) is 0. The molecule has 0 saturated carbocycles. The first-order valence-corrected chi connectivity index (χ1v) is 6.58. The number of hydrogen-bond donors (Lipinski definition) is 1. The average molecular weight is 295 g/mol. The minimum absolute atomic E-state index is 0.0543. The van der Waals surface area contributed by atoms with E-state index in [9.17, 15) is 13.2 Å². The lowest BCUT2D eigenvalue weighted by molar-refractivity contribution is -0.138.